The minimum Gasteiger partial charge on any atom is -0.390 e. The van der Waals surface area contributed by atoms with Gasteiger partial charge in [-0.3, -0.25) is 18.7 Å². The number of aliphatic hydroxyl groups is 1. The molecule has 6 N–H and O–H groups in total. The van der Waals surface area contributed by atoms with Crippen LogP contribution in [0.1, 0.15) is 57.2 Å². The van der Waals surface area contributed by atoms with Crippen LogP contribution >= 0.6 is 23.5 Å². The number of amides is 1. The van der Waals surface area contributed by atoms with Gasteiger partial charge >= 0.3 is 23.5 Å². The molecule has 0 spiro atoms. The molecule has 0 aliphatic carbocycles. The van der Waals surface area contributed by atoms with E-state index in [1.165, 1.54) is 12.3 Å². The van der Waals surface area contributed by atoms with E-state index in [0.717, 1.165) is 11.0 Å². The third-order valence-electron chi connectivity index (χ3n) is 8.20. The summed E-state index contributed by atoms with van der Waals surface area (Å²) in [5, 5.41) is 13.0. The highest BCUT2D eigenvalue weighted by atomic mass is 31.3. The molecule has 0 radical (unpaired) electrons. The van der Waals surface area contributed by atoms with Gasteiger partial charge in [-0.25, -0.2) is 13.7 Å². The average molecular weight is 973 g/mol. The summed E-state index contributed by atoms with van der Waals surface area (Å²) in [6.45, 7) is 7.98. The van der Waals surface area contributed by atoms with Gasteiger partial charge in [-0.2, -0.15) is 8.62 Å². The normalized spacial score (nSPS) is 18.6. The summed E-state index contributed by atoms with van der Waals surface area (Å²) in [5.74, 6) is -0.0578. The van der Waals surface area contributed by atoms with Gasteiger partial charge in [-0.1, -0.05) is 0 Å². The van der Waals surface area contributed by atoms with E-state index in [0.29, 0.717) is 131 Å². The SMILES string of the molecule is CC(=O)CCCOCCOCCOCCOCCOCCOCCOCCOCCCCC(=O)NCc1ccn([C@H]2C[C@H](O)[C@@H](COP(=O)(O)OP(=O)(O)OP(=O)(O)O)O2)c(=O)c1. The summed E-state index contributed by atoms with van der Waals surface area (Å²) in [4.78, 5) is 72.0. The van der Waals surface area contributed by atoms with Crippen LogP contribution in [0, 0.1) is 0 Å². The minimum absolute atomic E-state index is 0.0741. The molecular formula is C35H63N2O23P3. The number of hydrogen-bond acceptors (Lipinski definition) is 19. The van der Waals surface area contributed by atoms with Gasteiger partial charge in [-0.15, -0.1) is 0 Å². The van der Waals surface area contributed by atoms with Crippen LogP contribution < -0.4 is 10.9 Å². The van der Waals surface area contributed by atoms with Crippen LogP contribution in [0.15, 0.2) is 23.1 Å². The Morgan fingerprint density at radius 1 is 0.698 bits per heavy atom. The van der Waals surface area contributed by atoms with E-state index in [2.05, 4.69) is 18.5 Å². The van der Waals surface area contributed by atoms with Gasteiger partial charge in [0.15, 0.2) is 0 Å². The Bertz CT molecular complexity index is 1630. The number of nitrogens with zero attached hydrogens (tertiary/aromatic N) is 1. The summed E-state index contributed by atoms with van der Waals surface area (Å²) in [7, 11) is -16.7. The number of pyridine rings is 1. The number of rotatable bonds is 40. The van der Waals surface area contributed by atoms with Crippen molar-refractivity contribution < 1.29 is 104 Å². The van der Waals surface area contributed by atoms with Crippen LogP contribution in [-0.4, -0.2) is 165 Å². The number of ether oxygens (including phenoxy) is 9. The van der Waals surface area contributed by atoms with Crippen LogP contribution in [-0.2, 0) is 85.6 Å². The van der Waals surface area contributed by atoms with Crippen molar-refractivity contribution >= 4 is 35.2 Å². The lowest BCUT2D eigenvalue weighted by Gasteiger charge is -2.19. The second kappa shape index (κ2) is 32.7. The fourth-order valence-corrected chi connectivity index (χ4v) is 8.26. The Labute approximate surface area is 365 Å². The largest absolute Gasteiger partial charge is 0.490 e. The summed E-state index contributed by atoms with van der Waals surface area (Å²) in [6, 6.07) is 2.81. The summed E-state index contributed by atoms with van der Waals surface area (Å²) >= 11 is 0. The number of nitrogens with one attached hydrogen (secondary N) is 1. The van der Waals surface area contributed by atoms with E-state index in [1.807, 2.05) is 0 Å². The molecule has 1 aliphatic heterocycles. The van der Waals surface area contributed by atoms with E-state index in [4.69, 9.17) is 52.4 Å². The maximum Gasteiger partial charge on any atom is 0.490 e. The van der Waals surface area contributed by atoms with Crippen molar-refractivity contribution in [1.82, 2.24) is 9.88 Å². The zero-order valence-electron chi connectivity index (χ0n) is 35.3. The fourth-order valence-electron chi connectivity index (χ4n) is 5.23. The van der Waals surface area contributed by atoms with Gasteiger partial charge in [-0.05, 0) is 37.8 Å². The zero-order valence-corrected chi connectivity index (χ0v) is 38.0. The molecule has 0 saturated carbocycles. The Kier molecular flexibility index (Phi) is 29.7. The standard InChI is InChI=1S/C35H63N2O23P3/c1-29(38)5-4-10-50-12-14-52-16-18-54-20-22-56-24-23-55-21-19-53-17-15-51-13-11-49-9-3-2-6-33(40)36-27-30-7-8-37(34(41)25-30)35-26-31(39)32(58-35)28-57-62(45,46)60-63(47,48)59-61(42,43)44/h7-8,25,31-32,35,39H,2-6,9-24,26-28H2,1H3,(H,36,40)(H,45,46)(H,47,48)(H2,42,43,44)/t31-,32+,35+/m0/s1. The van der Waals surface area contributed by atoms with E-state index in [9.17, 15) is 43.0 Å². The number of hydrogen-bond donors (Lipinski definition) is 6. The number of ketones is 1. The molecule has 366 valence electrons. The molecule has 1 fully saturated rings. The van der Waals surface area contributed by atoms with Crippen LogP contribution in [0.3, 0.4) is 0 Å². The first-order chi connectivity index (χ1) is 30.0. The highest BCUT2D eigenvalue weighted by Gasteiger charge is 2.43. The van der Waals surface area contributed by atoms with Crippen molar-refractivity contribution in [2.24, 2.45) is 0 Å². The monoisotopic (exact) mass is 972 g/mol. The predicted molar refractivity (Wildman–Crippen MR) is 217 cm³/mol. The third kappa shape index (κ3) is 30.1. The first-order valence-corrected chi connectivity index (χ1v) is 24.7. The number of carbonyl (C=O) groups excluding carboxylic acids is 2. The summed E-state index contributed by atoms with van der Waals surface area (Å²) in [6.07, 6.45) is 0.301. The van der Waals surface area contributed by atoms with Crippen LogP contribution in [0.25, 0.3) is 0 Å². The van der Waals surface area contributed by atoms with Crippen molar-refractivity contribution in [2.75, 3.05) is 112 Å². The quantitative estimate of drug-likeness (QED) is 0.0396. The summed E-state index contributed by atoms with van der Waals surface area (Å²) in [5.41, 5.74) is -0.0496. The molecule has 0 bridgehead atoms. The third-order valence-corrected chi connectivity index (χ3v) is 12.0. The van der Waals surface area contributed by atoms with Crippen LogP contribution in [0.4, 0.5) is 0 Å². The molecule has 1 aromatic rings. The molecule has 63 heavy (non-hydrogen) atoms. The maximum atomic E-state index is 12.8. The Morgan fingerprint density at radius 2 is 1.17 bits per heavy atom. The van der Waals surface area contributed by atoms with E-state index in [-0.39, 0.29) is 31.1 Å². The lowest BCUT2D eigenvalue weighted by molar-refractivity contribution is -0.121. The molecule has 1 aliphatic rings. The number of Topliss-reactive ketones (excluding diaryl/α,β-unsaturated/α-hetero) is 1. The minimum atomic E-state index is -5.72. The molecule has 25 nitrogen and oxygen atoms in total. The van der Waals surface area contributed by atoms with E-state index in [1.54, 1.807) is 13.0 Å². The highest BCUT2D eigenvalue weighted by Crippen LogP contribution is 2.66. The van der Waals surface area contributed by atoms with Gasteiger partial charge in [0.2, 0.25) is 5.91 Å². The lowest BCUT2D eigenvalue weighted by atomic mass is 10.2. The van der Waals surface area contributed by atoms with Gasteiger partial charge in [0.05, 0.1) is 105 Å². The van der Waals surface area contributed by atoms with Crippen molar-refractivity contribution in [3.63, 3.8) is 0 Å². The Balaban J connectivity index is 1.39. The molecule has 1 amide bonds. The topological polar surface area (TPSA) is 331 Å². The Morgan fingerprint density at radius 3 is 1.63 bits per heavy atom. The fraction of sp³-hybridized carbons (Fsp3) is 0.800. The maximum absolute atomic E-state index is 12.8. The van der Waals surface area contributed by atoms with Crippen molar-refractivity contribution in [3.05, 3.63) is 34.2 Å². The summed E-state index contributed by atoms with van der Waals surface area (Å²) < 4.78 is 96.3. The molecule has 1 saturated heterocycles. The van der Waals surface area contributed by atoms with E-state index >= 15 is 0 Å². The molecule has 2 unspecified atom stereocenters. The molecular weight excluding hydrogens is 909 g/mol. The molecule has 0 aromatic carbocycles. The average Bonchev–Trinajstić information content (AvgIpc) is 3.56. The predicted octanol–water partition coefficient (Wildman–Crippen LogP) is 1.13. The van der Waals surface area contributed by atoms with Crippen LogP contribution in [0.2, 0.25) is 0 Å². The first-order valence-electron chi connectivity index (χ1n) is 20.2. The van der Waals surface area contributed by atoms with Gasteiger partial charge in [0.1, 0.15) is 18.1 Å². The number of unbranched alkanes of at least 4 members (excludes halogenated alkanes) is 1. The van der Waals surface area contributed by atoms with E-state index < -0.39 is 54.1 Å². The second-order valence-corrected chi connectivity index (χ2v) is 18.0. The molecule has 2 heterocycles. The molecule has 5 atom stereocenters. The smallest absolute Gasteiger partial charge is 0.390 e. The zero-order chi connectivity index (χ0) is 46.4. The van der Waals surface area contributed by atoms with Gasteiger partial charge in [0.25, 0.3) is 5.56 Å². The molecule has 2 rings (SSSR count). The number of aliphatic hydroxyl groups excluding tert-OH is 1. The van der Waals surface area contributed by atoms with Crippen molar-refractivity contribution in [2.45, 2.75) is 70.4 Å². The first kappa shape index (κ1) is 57.2. The second-order valence-electron chi connectivity index (χ2n) is 13.5. The number of phosphoric ester groups is 1. The van der Waals surface area contributed by atoms with Gasteiger partial charge < -0.3 is 77.4 Å². The van der Waals surface area contributed by atoms with Crippen molar-refractivity contribution in [1.29, 1.82) is 0 Å². The van der Waals surface area contributed by atoms with Gasteiger partial charge in [0, 0.05) is 51.3 Å². The molecule has 28 heteroatoms. The molecule has 1 aromatic heterocycles. The lowest BCUT2D eigenvalue weighted by Crippen LogP contribution is -2.28. The van der Waals surface area contributed by atoms with Crippen molar-refractivity contribution in [3.8, 4) is 0 Å². The number of carbonyl (C=O) groups is 2. The van der Waals surface area contributed by atoms with Crippen LogP contribution in [0.5, 0.6) is 0 Å². The number of phosphoric acid groups is 3. The number of aromatic nitrogens is 1. The Hall–Kier alpha value is -1.90. The highest BCUT2D eigenvalue weighted by molar-refractivity contribution is 7.66.